The molecule has 0 radical (unpaired) electrons. The number of aromatic nitrogens is 3. The summed E-state index contributed by atoms with van der Waals surface area (Å²) >= 11 is 0. The summed E-state index contributed by atoms with van der Waals surface area (Å²) in [7, 11) is 0. The second kappa shape index (κ2) is 6.08. The highest BCUT2D eigenvalue weighted by atomic mass is 19.1. The van der Waals surface area contributed by atoms with E-state index in [0.717, 1.165) is 19.2 Å². The highest BCUT2D eigenvalue weighted by Gasteiger charge is 2.02. The minimum atomic E-state index is -0.424. The van der Waals surface area contributed by atoms with Crippen LogP contribution in [0.2, 0.25) is 0 Å². The van der Waals surface area contributed by atoms with E-state index in [0.29, 0.717) is 11.3 Å². The van der Waals surface area contributed by atoms with Gasteiger partial charge in [0.25, 0.3) is 5.56 Å². The maximum absolute atomic E-state index is 13.0. The first-order valence-corrected chi connectivity index (χ1v) is 6.09. The predicted molar refractivity (Wildman–Crippen MR) is 70.6 cm³/mol. The number of hydrogen-bond donors (Lipinski definition) is 1. The van der Waals surface area contributed by atoms with Gasteiger partial charge in [0.05, 0.1) is 24.6 Å². The first-order valence-electron chi connectivity index (χ1n) is 6.09. The van der Waals surface area contributed by atoms with Crippen LogP contribution in [0.5, 0.6) is 0 Å². The van der Waals surface area contributed by atoms with Crippen LogP contribution < -0.4 is 10.9 Å². The lowest BCUT2D eigenvalue weighted by atomic mass is 10.3. The summed E-state index contributed by atoms with van der Waals surface area (Å²) in [5.41, 5.74) is 1.06. The molecule has 0 fully saturated rings. The van der Waals surface area contributed by atoms with Crippen LogP contribution >= 0.6 is 0 Å². The Labute approximate surface area is 110 Å². The number of nitrogens with one attached hydrogen (secondary N) is 1. The van der Waals surface area contributed by atoms with Crippen LogP contribution in [-0.4, -0.2) is 21.3 Å². The Kier molecular flexibility index (Phi) is 4.22. The van der Waals surface area contributed by atoms with Gasteiger partial charge >= 0.3 is 0 Å². The number of rotatable bonds is 5. The van der Waals surface area contributed by atoms with Crippen molar-refractivity contribution in [3.8, 4) is 0 Å². The van der Waals surface area contributed by atoms with Gasteiger partial charge < -0.3 is 5.32 Å². The fourth-order valence-electron chi connectivity index (χ4n) is 1.63. The van der Waals surface area contributed by atoms with Crippen molar-refractivity contribution in [2.45, 2.75) is 19.9 Å². The zero-order chi connectivity index (χ0) is 13.7. The lowest BCUT2D eigenvalue weighted by Gasteiger charge is -2.07. The molecule has 0 aromatic carbocycles. The molecule has 2 heterocycles. The first-order chi connectivity index (χ1) is 9.19. The highest BCUT2D eigenvalue weighted by molar-refractivity contribution is 5.38. The molecular weight excluding hydrogens is 247 g/mol. The predicted octanol–water partition coefficient (Wildman–Crippen LogP) is 1.65. The second-order valence-corrected chi connectivity index (χ2v) is 4.18. The average molecular weight is 262 g/mol. The molecule has 2 aromatic rings. The molecule has 0 aliphatic carbocycles. The maximum Gasteiger partial charge on any atom is 0.269 e. The number of nitrogens with zero attached hydrogens (tertiary/aromatic N) is 3. The lowest BCUT2D eigenvalue weighted by Crippen LogP contribution is -2.23. The Morgan fingerprint density at radius 3 is 2.84 bits per heavy atom. The van der Waals surface area contributed by atoms with E-state index in [1.54, 1.807) is 6.20 Å². The molecule has 2 rings (SSSR count). The number of hydrogen-bond acceptors (Lipinski definition) is 4. The Bertz CT molecular complexity index is 612. The Balaban J connectivity index is 2.15. The van der Waals surface area contributed by atoms with Gasteiger partial charge in [-0.25, -0.2) is 9.07 Å². The molecule has 0 unspecified atom stereocenters. The van der Waals surface area contributed by atoms with Crippen LogP contribution in [0, 0.1) is 5.82 Å². The molecule has 0 amide bonds. The van der Waals surface area contributed by atoms with Crippen LogP contribution in [0.25, 0.3) is 0 Å². The number of halogens is 1. The van der Waals surface area contributed by atoms with E-state index in [9.17, 15) is 9.18 Å². The summed E-state index contributed by atoms with van der Waals surface area (Å²) in [5.74, 6) is -0.424. The van der Waals surface area contributed by atoms with Crippen molar-refractivity contribution < 1.29 is 4.39 Å². The lowest BCUT2D eigenvalue weighted by molar-refractivity contribution is 0.603. The van der Waals surface area contributed by atoms with Gasteiger partial charge in [0, 0.05) is 18.8 Å². The Morgan fingerprint density at radius 2 is 2.16 bits per heavy atom. The third kappa shape index (κ3) is 3.61. The van der Waals surface area contributed by atoms with Gasteiger partial charge in [-0.2, -0.15) is 5.10 Å². The van der Waals surface area contributed by atoms with Gasteiger partial charge in [0.15, 0.2) is 0 Å². The van der Waals surface area contributed by atoms with Crippen molar-refractivity contribution in [1.82, 2.24) is 14.8 Å². The zero-order valence-electron chi connectivity index (χ0n) is 10.6. The molecule has 19 heavy (non-hydrogen) atoms. The molecule has 2 aromatic heterocycles. The van der Waals surface area contributed by atoms with Crippen LogP contribution in [0.4, 0.5) is 10.1 Å². The van der Waals surface area contributed by atoms with Crippen LogP contribution in [0.15, 0.2) is 35.5 Å². The summed E-state index contributed by atoms with van der Waals surface area (Å²) < 4.78 is 14.3. The van der Waals surface area contributed by atoms with Gasteiger partial charge in [-0.05, 0) is 18.1 Å². The maximum atomic E-state index is 13.0. The van der Waals surface area contributed by atoms with E-state index in [4.69, 9.17) is 0 Å². The van der Waals surface area contributed by atoms with Crippen LogP contribution in [0.1, 0.15) is 18.9 Å². The van der Waals surface area contributed by atoms with E-state index in [2.05, 4.69) is 15.4 Å². The molecule has 0 spiro atoms. The third-order valence-corrected chi connectivity index (χ3v) is 2.54. The monoisotopic (exact) mass is 262 g/mol. The normalized spacial score (nSPS) is 10.4. The van der Waals surface area contributed by atoms with E-state index >= 15 is 0 Å². The molecule has 100 valence electrons. The molecule has 0 atom stereocenters. The second-order valence-electron chi connectivity index (χ2n) is 4.18. The summed E-state index contributed by atoms with van der Waals surface area (Å²) in [5, 5.41) is 7.13. The van der Waals surface area contributed by atoms with E-state index in [1.807, 2.05) is 6.92 Å². The molecular formula is C13H15FN4O. The molecule has 6 heteroatoms. The first kappa shape index (κ1) is 13.2. The van der Waals surface area contributed by atoms with Crippen molar-refractivity contribution in [3.63, 3.8) is 0 Å². The van der Waals surface area contributed by atoms with Gasteiger partial charge in [-0.1, -0.05) is 6.92 Å². The quantitative estimate of drug-likeness (QED) is 0.890. The summed E-state index contributed by atoms with van der Waals surface area (Å²) in [6.45, 7) is 3.04. The fourth-order valence-corrected chi connectivity index (χ4v) is 1.63. The summed E-state index contributed by atoms with van der Waals surface area (Å²) in [6, 6.07) is 2.82. The van der Waals surface area contributed by atoms with Crippen LogP contribution in [0.3, 0.4) is 0 Å². The third-order valence-electron chi connectivity index (χ3n) is 2.54. The van der Waals surface area contributed by atoms with Crippen LogP contribution in [-0.2, 0) is 6.54 Å². The summed E-state index contributed by atoms with van der Waals surface area (Å²) in [6.07, 6.45) is 5.19. The van der Waals surface area contributed by atoms with Crippen molar-refractivity contribution in [3.05, 3.63) is 52.5 Å². The topological polar surface area (TPSA) is 59.8 Å². The average Bonchev–Trinajstić information content (AvgIpc) is 2.39. The molecule has 1 N–H and O–H groups in total. The van der Waals surface area contributed by atoms with Crippen molar-refractivity contribution in [1.29, 1.82) is 0 Å². The smallest absolute Gasteiger partial charge is 0.269 e. The molecule has 0 saturated carbocycles. The highest BCUT2D eigenvalue weighted by Crippen LogP contribution is 2.03. The van der Waals surface area contributed by atoms with Gasteiger partial charge in [-0.15, -0.1) is 0 Å². The molecule has 0 saturated heterocycles. The van der Waals surface area contributed by atoms with Gasteiger partial charge in [-0.3, -0.25) is 9.78 Å². The van der Waals surface area contributed by atoms with Crippen molar-refractivity contribution in [2.75, 3.05) is 11.9 Å². The van der Waals surface area contributed by atoms with Gasteiger partial charge in [0.2, 0.25) is 0 Å². The Hall–Kier alpha value is -2.24. The SMILES string of the molecule is CCCNc1cnn(Cc2cncc(F)c2)c(=O)c1. The molecule has 0 bridgehead atoms. The van der Waals surface area contributed by atoms with E-state index in [1.165, 1.54) is 23.0 Å². The van der Waals surface area contributed by atoms with Crippen molar-refractivity contribution >= 4 is 5.69 Å². The van der Waals surface area contributed by atoms with Gasteiger partial charge in [0.1, 0.15) is 5.82 Å². The zero-order valence-corrected chi connectivity index (χ0v) is 10.6. The summed E-state index contributed by atoms with van der Waals surface area (Å²) in [4.78, 5) is 15.6. The van der Waals surface area contributed by atoms with E-state index < -0.39 is 5.82 Å². The molecule has 0 aliphatic heterocycles. The fraction of sp³-hybridized carbons (Fsp3) is 0.308. The van der Waals surface area contributed by atoms with E-state index in [-0.39, 0.29) is 12.1 Å². The van der Waals surface area contributed by atoms with Crippen molar-refractivity contribution in [2.24, 2.45) is 0 Å². The number of pyridine rings is 1. The minimum Gasteiger partial charge on any atom is -0.384 e. The Morgan fingerprint density at radius 1 is 1.32 bits per heavy atom. The standard InChI is InChI=1S/C13H15FN4O/c1-2-3-16-12-5-13(19)18(17-8-12)9-10-4-11(14)7-15-6-10/h4-8,16H,2-3,9H2,1H3. The minimum absolute atomic E-state index is 0.206. The largest absolute Gasteiger partial charge is 0.384 e. The molecule has 0 aliphatic rings. The molecule has 5 nitrogen and oxygen atoms in total. The number of anilines is 1.